The van der Waals surface area contributed by atoms with Crippen LogP contribution in [0, 0.1) is 0 Å². The predicted octanol–water partition coefficient (Wildman–Crippen LogP) is 3.54. The van der Waals surface area contributed by atoms with Crippen molar-refractivity contribution in [3.63, 3.8) is 0 Å². The van der Waals surface area contributed by atoms with E-state index in [9.17, 15) is 0 Å². The van der Waals surface area contributed by atoms with Crippen molar-refractivity contribution in [1.82, 2.24) is 0 Å². The third kappa shape index (κ3) is 2.21. The fraction of sp³-hybridized carbons (Fsp3) is 0.167. The SMILES string of the molecule is COc1ccc(-c2csc(CN)c2)cc1Cl. The summed E-state index contributed by atoms with van der Waals surface area (Å²) in [5.74, 6) is 0.694. The number of halogens is 1. The van der Waals surface area contributed by atoms with Gasteiger partial charge in [-0.1, -0.05) is 17.7 Å². The molecule has 0 radical (unpaired) electrons. The van der Waals surface area contributed by atoms with Crippen LogP contribution in [0.4, 0.5) is 0 Å². The predicted molar refractivity (Wildman–Crippen MR) is 69.2 cm³/mol. The van der Waals surface area contributed by atoms with Gasteiger partial charge >= 0.3 is 0 Å². The van der Waals surface area contributed by atoms with Crippen molar-refractivity contribution in [2.24, 2.45) is 5.73 Å². The van der Waals surface area contributed by atoms with Crippen LogP contribution in [0.1, 0.15) is 4.88 Å². The topological polar surface area (TPSA) is 35.2 Å². The zero-order valence-corrected chi connectivity index (χ0v) is 10.4. The summed E-state index contributed by atoms with van der Waals surface area (Å²) < 4.78 is 5.11. The molecule has 0 spiro atoms. The maximum absolute atomic E-state index is 6.07. The lowest BCUT2D eigenvalue weighted by Gasteiger charge is -2.04. The van der Waals surface area contributed by atoms with Crippen molar-refractivity contribution >= 4 is 22.9 Å². The van der Waals surface area contributed by atoms with Crippen LogP contribution in [0.25, 0.3) is 11.1 Å². The number of thiophene rings is 1. The van der Waals surface area contributed by atoms with Crippen LogP contribution in [-0.2, 0) is 6.54 Å². The van der Waals surface area contributed by atoms with Crippen LogP contribution in [0.3, 0.4) is 0 Å². The number of hydrogen-bond acceptors (Lipinski definition) is 3. The van der Waals surface area contributed by atoms with Crippen LogP contribution >= 0.6 is 22.9 Å². The Morgan fingerprint density at radius 2 is 2.12 bits per heavy atom. The number of hydrogen-bond donors (Lipinski definition) is 1. The number of rotatable bonds is 3. The summed E-state index contributed by atoms with van der Waals surface area (Å²) in [6.45, 7) is 0.578. The van der Waals surface area contributed by atoms with Gasteiger partial charge in [0, 0.05) is 11.4 Å². The molecule has 0 bridgehead atoms. The second kappa shape index (κ2) is 4.87. The molecule has 0 atom stereocenters. The minimum absolute atomic E-state index is 0.578. The normalized spacial score (nSPS) is 10.4. The van der Waals surface area contributed by atoms with E-state index in [1.807, 2.05) is 18.2 Å². The van der Waals surface area contributed by atoms with Gasteiger partial charge in [-0.3, -0.25) is 0 Å². The highest BCUT2D eigenvalue weighted by Gasteiger charge is 2.05. The zero-order valence-electron chi connectivity index (χ0n) is 8.87. The molecular formula is C12H12ClNOS. The van der Waals surface area contributed by atoms with E-state index >= 15 is 0 Å². The summed E-state index contributed by atoms with van der Waals surface area (Å²) in [5.41, 5.74) is 7.81. The molecule has 1 aromatic heterocycles. The van der Waals surface area contributed by atoms with Gasteiger partial charge in [-0.05, 0) is 34.7 Å². The summed E-state index contributed by atoms with van der Waals surface area (Å²) in [5, 5.41) is 2.71. The van der Waals surface area contributed by atoms with Gasteiger partial charge in [0.2, 0.25) is 0 Å². The average Bonchev–Trinajstić information content (AvgIpc) is 2.77. The molecule has 0 unspecified atom stereocenters. The highest BCUT2D eigenvalue weighted by Crippen LogP contribution is 2.32. The monoisotopic (exact) mass is 253 g/mol. The third-order valence-corrected chi connectivity index (χ3v) is 3.59. The number of benzene rings is 1. The van der Waals surface area contributed by atoms with Gasteiger partial charge in [0.15, 0.2) is 0 Å². The summed E-state index contributed by atoms with van der Waals surface area (Å²) >= 11 is 7.73. The second-order valence-corrected chi connectivity index (χ2v) is 4.76. The highest BCUT2D eigenvalue weighted by molar-refractivity contribution is 7.10. The van der Waals surface area contributed by atoms with Crippen molar-refractivity contribution in [1.29, 1.82) is 0 Å². The first-order valence-corrected chi connectivity index (χ1v) is 6.11. The standard InChI is InChI=1S/C12H12ClNOS/c1-15-12-3-2-8(5-11(12)13)9-4-10(6-14)16-7-9/h2-5,7H,6,14H2,1H3. The smallest absolute Gasteiger partial charge is 0.137 e. The van der Waals surface area contributed by atoms with E-state index in [2.05, 4.69) is 11.4 Å². The molecule has 0 aliphatic heterocycles. The second-order valence-electron chi connectivity index (χ2n) is 3.36. The van der Waals surface area contributed by atoms with Crippen LogP contribution in [0.15, 0.2) is 29.6 Å². The fourth-order valence-corrected chi connectivity index (χ4v) is 2.52. The summed E-state index contributed by atoms with van der Waals surface area (Å²) in [7, 11) is 1.61. The van der Waals surface area contributed by atoms with Gasteiger partial charge < -0.3 is 10.5 Å². The average molecular weight is 254 g/mol. The van der Waals surface area contributed by atoms with Crippen LogP contribution < -0.4 is 10.5 Å². The van der Waals surface area contributed by atoms with Gasteiger partial charge in [0.25, 0.3) is 0 Å². The van der Waals surface area contributed by atoms with E-state index in [1.165, 1.54) is 4.88 Å². The molecule has 2 rings (SSSR count). The lowest BCUT2D eigenvalue weighted by molar-refractivity contribution is 0.415. The molecule has 16 heavy (non-hydrogen) atoms. The first-order valence-electron chi connectivity index (χ1n) is 4.86. The van der Waals surface area contributed by atoms with Crippen molar-refractivity contribution in [2.75, 3.05) is 7.11 Å². The molecule has 0 fully saturated rings. The molecular weight excluding hydrogens is 242 g/mol. The quantitative estimate of drug-likeness (QED) is 0.908. The number of methoxy groups -OCH3 is 1. The summed E-state index contributed by atoms with van der Waals surface area (Å²) in [4.78, 5) is 1.17. The Morgan fingerprint density at radius 3 is 2.69 bits per heavy atom. The van der Waals surface area contributed by atoms with Crippen molar-refractivity contribution in [3.05, 3.63) is 39.5 Å². The van der Waals surface area contributed by atoms with Crippen LogP contribution in [0.5, 0.6) is 5.75 Å². The summed E-state index contributed by atoms with van der Waals surface area (Å²) in [6, 6.07) is 7.86. The van der Waals surface area contributed by atoms with E-state index in [-0.39, 0.29) is 0 Å². The molecule has 0 saturated carbocycles. The minimum atomic E-state index is 0.578. The van der Waals surface area contributed by atoms with E-state index in [0.29, 0.717) is 17.3 Å². The molecule has 2 aromatic rings. The molecule has 0 aliphatic rings. The zero-order chi connectivity index (χ0) is 11.5. The summed E-state index contributed by atoms with van der Waals surface area (Å²) in [6.07, 6.45) is 0. The fourth-order valence-electron chi connectivity index (χ4n) is 1.49. The highest BCUT2D eigenvalue weighted by atomic mass is 35.5. The van der Waals surface area contributed by atoms with Crippen LogP contribution in [0.2, 0.25) is 5.02 Å². The number of nitrogens with two attached hydrogens (primary N) is 1. The van der Waals surface area contributed by atoms with Gasteiger partial charge in [0.05, 0.1) is 12.1 Å². The molecule has 1 aromatic carbocycles. The molecule has 0 saturated heterocycles. The van der Waals surface area contributed by atoms with E-state index < -0.39 is 0 Å². The van der Waals surface area contributed by atoms with Gasteiger partial charge in [-0.2, -0.15) is 0 Å². The van der Waals surface area contributed by atoms with Gasteiger partial charge in [0.1, 0.15) is 5.75 Å². The Labute approximate surface area is 104 Å². The van der Waals surface area contributed by atoms with E-state index in [4.69, 9.17) is 22.1 Å². The van der Waals surface area contributed by atoms with E-state index in [0.717, 1.165) is 11.1 Å². The van der Waals surface area contributed by atoms with E-state index in [1.54, 1.807) is 18.4 Å². The Kier molecular flexibility index (Phi) is 3.49. The maximum atomic E-state index is 6.07. The Hall–Kier alpha value is -1.03. The third-order valence-electron chi connectivity index (χ3n) is 2.34. The lowest BCUT2D eigenvalue weighted by atomic mass is 10.1. The molecule has 2 nitrogen and oxygen atoms in total. The minimum Gasteiger partial charge on any atom is -0.495 e. The van der Waals surface area contributed by atoms with Gasteiger partial charge in [-0.15, -0.1) is 11.3 Å². The molecule has 0 amide bonds. The molecule has 0 aliphatic carbocycles. The molecule has 4 heteroatoms. The van der Waals surface area contributed by atoms with Crippen molar-refractivity contribution in [2.45, 2.75) is 6.54 Å². The Morgan fingerprint density at radius 1 is 1.31 bits per heavy atom. The van der Waals surface area contributed by atoms with Crippen molar-refractivity contribution < 1.29 is 4.74 Å². The molecule has 1 heterocycles. The lowest BCUT2D eigenvalue weighted by Crippen LogP contribution is -1.91. The Bertz CT molecular complexity index is 496. The van der Waals surface area contributed by atoms with Crippen molar-refractivity contribution in [3.8, 4) is 16.9 Å². The van der Waals surface area contributed by atoms with Crippen LogP contribution in [-0.4, -0.2) is 7.11 Å². The maximum Gasteiger partial charge on any atom is 0.137 e. The Balaban J connectivity index is 2.37. The molecule has 84 valence electrons. The largest absolute Gasteiger partial charge is 0.495 e. The first-order chi connectivity index (χ1) is 7.74. The number of ether oxygens (including phenoxy) is 1. The first kappa shape index (κ1) is 11.5. The van der Waals surface area contributed by atoms with Gasteiger partial charge in [-0.25, -0.2) is 0 Å². The molecule has 2 N–H and O–H groups in total.